The van der Waals surface area contributed by atoms with Crippen LogP contribution in [-0.4, -0.2) is 22.0 Å². The number of carbonyl (C=O) groups excluding carboxylic acids is 1. The SMILES string of the molecule is CC(C)c1nnsc1C(=O)NCc1sccc1C#CCN. The standard InChI is InChI=1S/C14H16N4OS2/c1-9(2)12-13(21-18-17-12)14(19)16-8-11-10(4-3-6-15)5-7-20-11/h5,7,9H,6,8,15H2,1-2H3,(H,16,19). The largest absolute Gasteiger partial charge is 0.346 e. The number of nitrogens with one attached hydrogen (secondary N) is 1. The van der Waals surface area contributed by atoms with Crippen LogP contribution in [0.25, 0.3) is 0 Å². The molecule has 3 N–H and O–H groups in total. The molecular formula is C14H16N4OS2. The smallest absolute Gasteiger partial charge is 0.265 e. The fourth-order valence-electron chi connectivity index (χ4n) is 1.71. The minimum Gasteiger partial charge on any atom is -0.346 e. The molecule has 2 aromatic rings. The quantitative estimate of drug-likeness (QED) is 0.844. The second kappa shape index (κ2) is 7.31. The molecule has 2 heterocycles. The van der Waals surface area contributed by atoms with Crippen molar-refractivity contribution >= 4 is 28.8 Å². The molecule has 21 heavy (non-hydrogen) atoms. The predicted molar refractivity (Wildman–Crippen MR) is 85.4 cm³/mol. The first-order chi connectivity index (χ1) is 10.1. The number of hydrogen-bond donors (Lipinski definition) is 2. The topological polar surface area (TPSA) is 80.9 Å². The van der Waals surface area contributed by atoms with Crippen molar-refractivity contribution in [2.75, 3.05) is 6.54 Å². The molecule has 0 saturated heterocycles. The molecule has 0 bridgehead atoms. The van der Waals surface area contributed by atoms with Gasteiger partial charge in [0.1, 0.15) is 4.88 Å². The van der Waals surface area contributed by atoms with E-state index in [-0.39, 0.29) is 11.8 Å². The Hall–Kier alpha value is -1.75. The summed E-state index contributed by atoms with van der Waals surface area (Å²) in [6, 6.07) is 1.93. The van der Waals surface area contributed by atoms with Crippen molar-refractivity contribution in [1.82, 2.24) is 14.9 Å². The maximum Gasteiger partial charge on any atom is 0.265 e. The first-order valence-corrected chi connectivity index (χ1v) is 8.14. The van der Waals surface area contributed by atoms with E-state index in [1.165, 1.54) is 0 Å². The Labute approximate surface area is 131 Å². The summed E-state index contributed by atoms with van der Waals surface area (Å²) in [6.45, 7) is 4.76. The number of rotatable bonds is 4. The van der Waals surface area contributed by atoms with Gasteiger partial charge in [0.25, 0.3) is 5.91 Å². The monoisotopic (exact) mass is 320 g/mol. The van der Waals surface area contributed by atoms with Gasteiger partial charge >= 0.3 is 0 Å². The van der Waals surface area contributed by atoms with E-state index in [1.54, 1.807) is 11.3 Å². The summed E-state index contributed by atoms with van der Waals surface area (Å²) in [6.07, 6.45) is 0. The zero-order valence-corrected chi connectivity index (χ0v) is 13.5. The minimum atomic E-state index is -0.139. The van der Waals surface area contributed by atoms with Crippen molar-refractivity contribution in [2.24, 2.45) is 5.73 Å². The van der Waals surface area contributed by atoms with Crippen LogP contribution in [0.4, 0.5) is 0 Å². The lowest BCUT2D eigenvalue weighted by atomic mass is 10.1. The zero-order chi connectivity index (χ0) is 15.2. The number of hydrogen-bond acceptors (Lipinski definition) is 6. The third-order valence-corrected chi connectivity index (χ3v) is 4.41. The first-order valence-electron chi connectivity index (χ1n) is 6.49. The molecule has 0 radical (unpaired) electrons. The van der Waals surface area contributed by atoms with Crippen LogP contribution in [0.15, 0.2) is 11.4 Å². The molecule has 110 valence electrons. The zero-order valence-electron chi connectivity index (χ0n) is 11.8. The van der Waals surface area contributed by atoms with Gasteiger partial charge in [-0.2, -0.15) is 0 Å². The molecule has 0 aliphatic carbocycles. The van der Waals surface area contributed by atoms with Crippen molar-refractivity contribution in [3.8, 4) is 11.8 Å². The summed E-state index contributed by atoms with van der Waals surface area (Å²) < 4.78 is 3.86. The van der Waals surface area contributed by atoms with Gasteiger partial charge in [-0.1, -0.05) is 30.2 Å². The van der Waals surface area contributed by atoms with Gasteiger partial charge in [-0.25, -0.2) is 0 Å². The van der Waals surface area contributed by atoms with Crippen LogP contribution in [0.2, 0.25) is 0 Å². The first kappa shape index (κ1) is 15.6. The molecule has 0 saturated carbocycles. The molecule has 0 unspecified atom stereocenters. The van der Waals surface area contributed by atoms with Crippen LogP contribution >= 0.6 is 22.9 Å². The summed E-state index contributed by atoms with van der Waals surface area (Å²) in [5.41, 5.74) is 7.03. The van der Waals surface area contributed by atoms with Gasteiger partial charge in [-0.05, 0) is 28.9 Å². The molecule has 0 spiro atoms. The van der Waals surface area contributed by atoms with Crippen LogP contribution < -0.4 is 11.1 Å². The van der Waals surface area contributed by atoms with Crippen LogP contribution in [0, 0.1) is 11.8 Å². The van der Waals surface area contributed by atoms with E-state index in [0.29, 0.717) is 18.0 Å². The van der Waals surface area contributed by atoms with Crippen LogP contribution in [0.5, 0.6) is 0 Å². The highest BCUT2D eigenvalue weighted by atomic mass is 32.1. The highest BCUT2D eigenvalue weighted by molar-refractivity contribution is 7.10. The molecule has 0 aromatic carbocycles. The summed E-state index contributed by atoms with van der Waals surface area (Å²) in [5.74, 6) is 5.87. The highest BCUT2D eigenvalue weighted by Crippen LogP contribution is 2.20. The van der Waals surface area contributed by atoms with E-state index in [0.717, 1.165) is 27.7 Å². The Kier molecular flexibility index (Phi) is 5.44. The third kappa shape index (κ3) is 3.88. The van der Waals surface area contributed by atoms with Crippen molar-refractivity contribution < 1.29 is 4.79 Å². The Morgan fingerprint density at radius 3 is 3.05 bits per heavy atom. The summed E-state index contributed by atoms with van der Waals surface area (Å²) >= 11 is 2.69. The number of carbonyl (C=O) groups is 1. The van der Waals surface area contributed by atoms with Crippen molar-refractivity contribution in [2.45, 2.75) is 26.3 Å². The number of nitrogens with zero attached hydrogens (tertiary/aromatic N) is 2. The molecule has 0 fully saturated rings. The Morgan fingerprint density at radius 2 is 2.33 bits per heavy atom. The van der Waals surface area contributed by atoms with E-state index in [4.69, 9.17) is 5.73 Å². The lowest BCUT2D eigenvalue weighted by Crippen LogP contribution is -2.23. The van der Waals surface area contributed by atoms with Crippen molar-refractivity contribution in [3.63, 3.8) is 0 Å². The predicted octanol–water partition coefficient (Wildman–Crippen LogP) is 1.96. The second-order valence-corrected chi connectivity index (χ2v) is 6.34. The summed E-state index contributed by atoms with van der Waals surface area (Å²) in [4.78, 5) is 13.8. The van der Waals surface area contributed by atoms with Crippen molar-refractivity contribution in [1.29, 1.82) is 0 Å². The van der Waals surface area contributed by atoms with E-state index in [1.807, 2.05) is 25.3 Å². The number of nitrogens with two attached hydrogens (primary N) is 1. The molecule has 0 atom stereocenters. The second-order valence-electron chi connectivity index (χ2n) is 4.59. The normalized spacial score (nSPS) is 10.3. The lowest BCUT2D eigenvalue weighted by molar-refractivity contribution is 0.0954. The van der Waals surface area contributed by atoms with Crippen LogP contribution in [-0.2, 0) is 6.54 Å². The molecule has 1 amide bonds. The average molecular weight is 320 g/mol. The maximum atomic E-state index is 12.2. The molecule has 2 rings (SSSR count). The van der Waals surface area contributed by atoms with Crippen LogP contribution in [0.1, 0.15) is 45.6 Å². The Bertz CT molecular complexity index is 678. The lowest BCUT2D eigenvalue weighted by Gasteiger charge is -2.05. The molecule has 0 aliphatic rings. The fraction of sp³-hybridized carbons (Fsp3) is 0.357. The fourth-order valence-corrected chi connectivity index (χ4v) is 3.21. The van der Waals surface area contributed by atoms with Crippen LogP contribution in [0.3, 0.4) is 0 Å². The number of thiophene rings is 1. The van der Waals surface area contributed by atoms with E-state index in [2.05, 4.69) is 26.7 Å². The minimum absolute atomic E-state index is 0.139. The Balaban J connectivity index is 2.05. The highest BCUT2D eigenvalue weighted by Gasteiger charge is 2.18. The molecular weight excluding hydrogens is 304 g/mol. The molecule has 2 aromatic heterocycles. The average Bonchev–Trinajstić information content (AvgIpc) is 3.11. The van der Waals surface area contributed by atoms with Gasteiger partial charge in [0.05, 0.1) is 18.8 Å². The van der Waals surface area contributed by atoms with E-state index < -0.39 is 0 Å². The van der Waals surface area contributed by atoms with Crippen molar-refractivity contribution in [3.05, 3.63) is 32.5 Å². The summed E-state index contributed by atoms with van der Waals surface area (Å²) in [5, 5.41) is 8.87. The van der Waals surface area contributed by atoms with Gasteiger partial charge in [0.15, 0.2) is 0 Å². The molecule has 0 aliphatic heterocycles. The van der Waals surface area contributed by atoms with Gasteiger partial charge in [0, 0.05) is 10.4 Å². The third-order valence-electron chi connectivity index (χ3n) is 2.75. The summed E-state index contributed by atoms with van der Waals surface area (Å²) in [7, 11) is 0. The van der Waals surface area contributed by atoms with Gasteiger partial charge in [-0.15, -0.1) is 16.4 Å². The van der Waals surface area contributed by atoms with E-state index >= 15 is 0 Å². The van der Waals surface area contributed by atoms with Gasteiger partial charge in [-0.3, -0.25) is 4.79 Å². The molecule has 7 heteroatoms. The number of amides is 1. The molecule has 5 nitrogen and oxygen atoms in total. The van der Waals surface area contributed by atoms with E-state index in [9.17, 15) is 4.79 Å². The maximum absolute atomic E-state index is 12.2. The van der Waals surface area contributed by atoms with Gasteiger partial charge in [0.2, 0.25) is 0 Å². The Morgan fingerprint density at radius 1 is 1.52 bits per heavy atom. The number of aromatic nitrogens is 2. The van der Waals surface area contributed by atoms with Gasteiger partial charge < -0.3 is 11.1 Å².